The molecular formula is C15H20Br2N2. The topological polar surface area (TPSA) is 6.48 Å². The van der Waals surface area contributed by atoms with Crippen LogP contribution in [-0.4, -0.2) is 37.1 Å². The summed E-state index contributed by atoms with van der Waals surface area (Å²) in [5, 5.41) is 0.907. The van der Waals surface area contributed by atoms with Crippen LogP contribution < -0.4 is 4.90 Å². The van der Waals surface area contributed by atoms with E-state index in [4.69, 9.17) is 0 Å². The molecule has 2 saturated heterocycles. The maximum Gasteiger partial charge on any atom is 0.0378 e. The average molecular weight is 388 g/mol. The van der Waals surface area contributed by atoms with Crippen LogP contribution in [0.1, 0.15) is 24.8 Å². The molecule has 0 aromatic heterocycles. The molecule has 2 aliphatic rings. The second-order valence-corrected chi connectivity index (χ2v) is 6.96. The average Bonchev–Trinajstić information content (AvgIpc) is 2.76. The SMILES string of the molecule is BrCc1ccc(N2CCCN3CCCC3C2)cc1Br. The van der Waals surface area contributed by atoms with Crippen LogP contribution in [-0.2, 0) is 5.33 Å². The summed E-state index contributed by atoms with van der Waals surface area (Å²) in [6.07, 6.45) is 4.04. The monoisotopic (exact) mass is 386 g/mol. The fraction of sp³-hybridized carbons (Fsp3) is 0.600. The summed E-state index contributed by atoms with van der Waals surface area (Å²) >= 11 is 7.21. The van der Waals surface area contributed by atoms with Gasteiger partial charge in [0, 0.05) is 41.2 Å². The molecule has 2 heterocycles. The second kappa shape index (κ2) is 6.15. The summed E-state index contributed by atoms with van der Waals surface area (Å²) in [6, 6.07) is 7.55. The molecule has 1 aromatic rings. The van der Waals surface area contributed by atoms with E-state index in [-0.39, 0.29) is 0 Å². The smallest absolute Gasteiger partial charge is 0.0378 e. The fourth-order valence-electron chi connectivity index (χ4n) is 3.28. The number of alkyl halides is 1. The van der Waals surface area contributed by atoms with Gasteiger partial charge in [-0.25, -0.2) is 0 Å². The molecule has 0 N–H and O–H groups in total. The summed E-state index contributed by atoms with van der Waals surface area (Å²) in [5.74, 6) is 0. The van der Waals surface area contributed by atoms with Gasteiger partial charge in [0.1, 0.15) is 0 Å². The van der Waals surface area contributed by atoms with Crippen LogP contribution in [0.15, 0.2) is 22.7 Å². The summed E-state index contributed by atoms with van der Waals surface area (Å²) < 4.78 is 1.22. The Hall–Kier alpha value is -0.0600. The number of rotatable bonds is 2. The lowest BCUT2D eigenvalue weighted by atomic mass is 10.1. The van der Waals surface area contributed by atoms with Crippen molar-refractivity contribution in [3.8, 4) is 0 Å². The molecule has 0 aliphatic carbocycles. The number of nitrogens with zero attached hydrogens (tertiary/aromatic N) is 2. The van der Waals surface area contributed by atoms with E-state index in [2.05, 4.69) is 59.9 Å². The highest BCUT2D eigenvalue weighted by Gasteiger charge is 2.28. The first-order chi connectivity index (χ1) is 9.28. The Bertz CT molecular complexity index is 450. The number of hydrogen-bond donors (Lipinski definition) is 0. The third-order valence-electron chi connectivity index (χ3n) is 4.35. The van der Waals surface area contributed by atoms with E-state index in [1.807, 2.05) is 0 Å². The molecule has 0 amide bonds. The van der Waals surface area contributed by atoms with Crippen LogP contribution in [0.25, 0.3) is 0 Å². The lowest BCUT2D eigenvalue weighted by molar-refractivity contribution is 0.273. The van der Waals surface area contributed by atoms with E-state index < -0.39 is 0 Å². The molecule has 104 valence electrons. The minimum absolute atomic E-state index is 0.775. The zero-order chi connectivity index (χ0) is 13.2. The third kappa shape index (κ3) is 3.01. The molecule has 0 spiro atoms. The van der Waals surface area contributed by atoms with Gasteiger partial charge in [-0.3, -0.25) is 4.90 Å². The number of hydrogen-bond acceptors (Lipinski definition) is 2. The molecule has 0 radical (unpaired) electrons. The Morgan fingerprint density at radius 2 is 2.00 bits per heavy atom. The first-order valence-electron chi connectivity index (χ1n) is 7.11. The van der Waals surface area contributed by atoms with Gasteiger partial charge in [-0.15, -0.1) is 0 Å². The fourth-order valence-corrected chi connectivity index (χ4v) is 4.65. The summed E-state index contributed by atoms with van der Waals surface area (Å²) in [4.78, 5) is 5.25. The van der Waals surface area contributed by atoms with Crippen molar-refractivity contribution in [1.82, 2.24) is 4.90 Å². The van der Waals surface area contributed by atoms with Gasteiger partial charge in [0.05, 0.1) is 0 Å². The van der Waals surface area contributed by atoms with Gasteiger partial charge in [0.15, 0.2) is 0 Å². The van der Waals surface area contributed by atoms with Crippen LogP contribution >= 0.6 is 31.9 Å². The van der Waals surface area contributed by atoms with Crippen LogP contribution in [0.5, 0.6) is 0 Å². The molecule has 1 aromatic carbocycles. The lowest BCUT2D eigenvalue weighted by Gasteiger charge is -2.27. The van der Waals surface area contributed by atoms with E-state index in [1.54, 1.807) is 0 Å². The Morgan fingerprint density at radius 3 is 2.79 bits per heavy atom. The molecule has 2 fully saturated rings. The van der Waals surface area contributed by atoms with E-state index in [0.29, 0.717) is 0 Å². The van der Waals surface area contributed by atoms with Gasteiger partial charge in [0.2, 0.25) is 0 Å². The van der Waals surface area contributed by atoms with Crippen LogP contribution in [0.3, 0.4) is 0 Å². The van der Waals surface area contributed by atoms with E-state index in [1.165, 1.54) is 61.2 Å². The van der Waals surface area contributed by atoms with Crippen molar-refractivity contribution in [3.05, 3.63) is 28.2 Å². The van der Waals surface area contributed by atoms with Gasteiger partial charge in [-0.2, -0.15) is 0 Å². The molecular weight excluding hydrogens is 368 g/mol. The van der Waals surface area contributed by atoms with Gasteiger partial charge in [0.25, 0.3) is 0 Å². The molecule has 4 heteroatoms. The maximum absolute atomic E-state index is 3.68. The predicted octanol–water partition coefficient (Wildman–Crippen LogP) is 4.02. The minimum atomic E-state index is 0.775. The van der Waals surface area contributed by atoms with Crippen LogP contribution in [0, 0.1) is 0 Å². The molecule has 0 saturated carbocycles. The Kier molecular flexibility index (Phi) is 4.50. The van der Waals surface area contributed by atoms with Crippen molar-refractivity contribution >= 4 is 37.5 Å². The first-order valence-corrected chi connectivity index (χ1v) is 9.03. The molecule has 1 unspecified atom stereocenters. The van der Waals surface area contributed by atoms with Crippen molar-refractivity contribution in [2.24, 2.45) is 0 Å². The standard InChI is InChI=1S/C15H20Br2N2/c16-10-12-4-5-13(9-15(12)17)19-8-2-7-18-6-1-3-14(18)11-19/h4-5,9,14H,1-3,6-8,10-11H2. The van der Waals surface area contributed by atoms with Gasteiger partial charge in [-0.05, 0) is 43.5 Å². The van der Waals surface area contributed by atoms with Crippen molar-refractivity contribution in [2.75, 3.05) is 31.1 Å². The first kappa shape index (κ1) is 13.9. The second-order valence-electron chi connectivity index (χ2n) is 5.54. The highest BCUT2D eigenvalue weighted by atomic mass is 79.9. The normalized spacial score (nSPS) is 24.3. The van der Waals surface area contributed by atoms with E-state index >= 15 is 0 Å². The van der Waals surface area contributed by atoms with Crippen molar-refractivity contribution in [3.63, 3.8) is 0 Å². The molecule has 2 nitrogen and oxygen atoms in total. The summed E-state index contributed by atoms with van der Waals surface area (Å²) in [5.41, 5.74) is 2.69. The summed E-state index contributed by atoms with van der Waals surface area (Å²) in [6.45, 7) is 4.97. The number of anilines is 1. The van der Waals surface area contributed by atoms with E-state index in [9.17, 15) is 0 Å². The predicted molar refractivity (Wildman–Crippen MR) is 88.2 cm³/mol. The highest BCUT2D eigenvalue weighted by Crippen LogP contribution is 2.29. The molecule has 3 rings (SSSR count). The number of halogens is 2. The van der Waals surface area contributed by atoms with Crippen LogP contribution in [0.2, 0.25) is 0 Å². The molecule has 2 aliphatic heterocycles. The highest BCUT2D eigenvalue weighted by molar-refractivity contribution is 9.10. The van der Waals surface area contributed by atoms with Gasteiger partial charge >= 0.3 is 0 Å². The molecule has 19 heavy (non-hydrogen) atoms. The number of fused-ring (bicyclic) bond motifs is 1. The largest absolute Gasteiger partial charge is 0.370 e. The zero-order valence-corrected chi connectivity index (χ0v) is 14.3. The Morgan fingerprint density at radius 1 is 1.16 bits per heavy atom. The Balaban J connectivity index is 1.79. The lowest BCUT2D eigenvalue weighted by Crippen LogP contribution is -2.36. The zero-order valence-electron chi connectivity index (χ0n) is 11.1. The summed E-state index contributed by atoms with van der Waals surface area (Å²) in [7, 11) is 0. The van der Waals surface area contributed by atoms with Gasteiger partial charge in [-0.1, -0.05) is 37.9 Å². The van der Waals surface area contributed by atoms with E-state index in [0.717, 1.165) is 11.4 Å². The minimum Gasteiger partial charge on any atom is -0.370 e. The third-order valence-corrected chi connectivity index (χ3v) is 5.69. The quantitative estimate of drug-likeness (QED) is 0.707. The van der Waals surface area contributed by atoms with Crippen LogP contribution in [0.4, 0.5) is 5.69 Å². The molecule has 0 bridgehead atoms. The van der Waals surface area contributed by atoms with Crippen molar-refractivity contribution in [2.45, 2.75) is 30.6 Å². The Labute approximate surface area is 132 Å². The maximum atomic E-state index is 3.68. The van der Waals surface area contributed by atoms with Crippen molar-refractivity contribution in [1.29, 1.82) is 0 Å². The van der Waals surface area contributed by atoms with Crippen molar-refractivity contribution < 1.29 is 0 Å². The number of benzene rings is 1. The van der Waals surface area contributed by atoms with Gasteiger partial charge < -0.3 is 4.90 Å². The molecule has 1 atom stereocenters.